The van der Waals surface area contributed by atoms with Crippen LogP contribution in [0.25, 0.3) is 11.3 Å². The normalized spacial score (nSPS) is 11.8. The molecule has 0 atom stereocenters. The number of hydrogen-bond donors (Lipinski definition) is 1. The Balaban J connectivity index is 2.43. The highest BCUT2D eigenvalue weighted by Crippen LogP contribution is 2.29. The number of benzene rings is 1. The first-order valence-corrected chi connectivity index (χ1v) is 5.55. The van der Waals surface area contributed by atoms with Crippen LogP contribution in [0.4, 0.5) is 0 Å². The smallest absolute Gasteiger partial charge is 0.152 e. The Morgan fingerprint density at radius 1 is 1.25 bits per heavy atom. The van der Waals surface area contributed by atoms with Crippen molar-refractivity contribution in [1.29, 1.82) is 0 Å². The van der Waals surface area contributed by atoms with Crippen LogP contribution in [0.5, 0.6) is 0 Å². The Labute approximate surface area is 102 Å². The maximum atomic E-state index is 8.64. The summed E-state index contributed by atoms with van der Waals surface area (Å²) in [6.07, 6.45) is 0. The molecule has 1 N–H and O–H groups in total. The van der Waals surface area contributed by atoms with Crippen LogP contribution in [0.2, 0.25) is 0 Å². The first-order chi connectivity index (χ1) is 7.72. The van der Waals surface area contributed by atoms with Crippen LogP contribution in [0.1, 0.15) is 12.7 Å². The van der Waals surface area contributed by atoms with E-state index in [2.05, 4.69) is 21.1 Å². The average molecular weight is 280 g/mol. The molecule has 0 fully saturated rings. The summed E-state index contributed by atoms with van der Waals surface area (Å²) in [6, 6.07) is 11.4. The number of furan rings is 1. The van der Waals surface area contributed by atoms with E-state index < -0.39 is 0 Å². The van der Waals surface area contributed by atoms with Crippen molar-refractivity contribution in [2.75, 3.05) is 0 Å². The molecule has 0 saturated carbocycles. The minimum Gasteiger partial charge on any atom is -0.455 e. The molecule has 1 heterocycles. The van der Waals surface area contributed by atoms with Gasteiger partial charge in [-0.3, -0.25) is 0 Å². The van der Waals surface area contributed by atoms with Crippen LogP contribution in [-0.4, -0.2) is 10.9 Å². The third kappa shape index (κ3) is 2.02. The molecule has 0 unspecified atom stereocenters. The standard InChI is InChI=1S/C12H10BrNO2/c1-8(14-15)11-6-7-12(16-11)9-4-2-3-5-10(9)13/h2-7,15H,1H3/b14-8+. The fourth-order valence-electron chi connectivity index (χ4n) is 1.39. The molecule has 0 bridgehead atoms. The van der Waals surface area contributed by atoms with Crippen molar-refractivity contribution in [2.24, 2.45) is 5.16 Å². The van der Waals surface area contributed by atoms with Crippen LogP contribution in [0.15, 0.2) is 50.4 Å². The molecule has 1 aromatic heterocycles. The summed E-state index contributed by atoms with van der Waals surface area (Å²) in [6.45, 7) is 1.68. The highest BCUT2D eigenvalue weighted by molar-refractivity contribution is 9.10. The average Bonchev–Trinajstić information content (AvgIpc) is 2.78. The van der Waals surface area contributed by atoms with E-state index in [1.165, 1.54) is 0 Å². The minimum atomic E-state index is 0.457. The van der Waals surface area contributed by atoms with Crippen molar-refractivity contribution in [2.45, 2.75) is 6.92 Å². The van der Waals surface area contributed by atoms with Crippen molar-refractivity contribution < 1.29 is 9.62 Å². The lowest BCUT2D eigenvalue weighted by atomic mass is 10.2. The fourth-order valence-corrected chi connectivity index (χ4v) is 1.87. The summed E-state index contributed by atoms with van der Waals surface area (Å²) >= 11 is 3.46. The maximum Gasteiger partial charge on any atom is 0.152 e. The Hall–Kier alpha value is -1.55. The number of rotatable bonds is 2. The van der Waals surface area contributed by atoms with Gasteiger partial charge in [0.25, 0.3) is 0 Å². The van der Waals surface area contributed by atoms with Crippen LogP contribution >= 0.6 is 15.9 Å². The van der Waals surface area contributed by atoms with Gasteiger partial charge in [0.15, 0.2) is 5.76 Å². The van der Waals surface area contributed by atoms with Crippen LogP contribution in [-0.2, 0) is 0 Å². The van der Waals surface area contributed by atoms with Gasteiger partial charge in [0.05, 0.1) is 0 Å². The first kappa shape index (κ1) is 11.0. The summed E-state index contributed by atoms with van der Waals surface area (Å²) in [5, 5.41) is 11.7. The quantitative estimate of drug-likeness (QED) is 0.515. The van der Waals surface area contributed by atoms with Gasteiger partial charge in [-0.2, -0.15) is 0 Å². The molecular weight excluding hydrogens is 270 g/mol. The van der Waals surface area contributed by atoms with Crippen LogP contribution < -0.4 is 0 Å². The molecule has 82 valence electrons. The molecule has 2 rings (SSSR count). The van der Waals surface area contributed by atoms with E-state index in [0.29, 0.717) is 11.5 Å². The van der Waals surface area contributed by atoms with Crippen molar-refractivity contribution in [3.8, 4) is 11.3 Å². The van der Waals surface area contributed by atoms with E-state index in [4.69, 9.17) is 9.62 Å². The van der Waals surface area contributed by atoms with Crippen molar-refractivity contribution in [3.05, 3.63) is 46.6 Å². The molecule has 0 radical (unpaired) electrons. The number of hydrogen-bond acceptors (Lipinski definition) is 3. The predicted molar refractivity (Wildman–Crippen MR) is 65.8 cm³/mol. The van der Waals surface area contributed by atoms with Gasteiger partial charge in [-0.25, -0.2) is 0 Å². The summed E-state index contributed by atoms with van der Waals surface area (Å²) in [5.41, 5.74) is 1.43. The van der Waals surface area contributed by atoms with Gasteiger partial charge in [-0.15, -0.1) is 0 Å². The molecule has 0 saturated heterocycles. The molecule has 16 heavy (non-hydrogen) atoms. The molecule has 0 aliphatic carbocycles. The largest absolute Gasteiger partial charge is 0.455 e. The highest BCUT2D eigenvalue weighted by Gasteiger charge is 2.09. The topological polar surface area (TPSA) is 45.7 Å². The molecule has 3 nitrogen and oxygen atoms in total. The van der Waals surface area contributed by atoms with E-state index >= 15 is 0 Å². The Morgan fingerprint density at radius 3 is 2.69 bits per heavy atom. The van der Waals surface area contributed by atoms with Gasteiger partial charge in [0, 0.05) is 10.0 Å². The maximum absolute atomic E-state index is 8.64. The Morgan fingerprint density at radius 2 is 2.00 bits per heavy atom. The highest BCUT2D eigenvalue weighted by atomic mass is 79.9. The summed E-state index contributed by atoms with van der Waals surface area (Å²) in [7, 11) is 0. The molecule has 0 aliphatic heterocycles. The first-order valence-electron chi connectivity index (χ1n) is 4.76. The third-order valence-electron chi connectivity index (χ3n) is 2.25. The van der Waals surface area contributed by atoms with Gasteiger partial charge in [0.2, 0.25) is 0 Å². The minimum absolute atomic E-state index is 0.457. The van der Waals surface area contributed by atoms with Crippen molar-refractivity contribution >= 4 is 21.6 Å². The zero-order chi connectivity index (χ0) is 11.5. The summed E-state index contributed by atoms with van der Waals surface area (Å²) in [4.78, 5) is 0. The second-order valence-electron chi connectivity index (χ2n) is 3.33. The zero-order valence-electron chi connectivity index (χ0n) is 8.64. The fraction of sp³-hybridized carbons (Fsp3) is 0.0833. The second kappa shape index (κ2) is 4.53. The molecule has 2 aromatic rings. The summed E-state index contributed by atoms with van der Waals surface area (Å²) in [5.74, 6) is 1.30. The molecule has 0 aliphatic rings. The number of halogens is 1. The number of oxime groups is 1. The van der Waals surface area contributed by atoms with Crippen molar-refractivity contribution in [3.63, 3.8) is 0 Å². The van der Waals surface area contributed by atoms with Gasteiger partial charge in [-0.05, 0) is 25.1 Å². The van der Waals surface area contributed by atoms with Gasteiger partial charge >= 0.3 is 0 Å². The Bertz CT molecular complexity index is 531. The van der Waals surface area contributed by atoms with Crippen LogP contribution in [0, 0.1) is 0 Å². The van der Waals surface area contributed by atoms with E-state index in [0.717, 1.165) is 15.8 Å². The van der Waals surface area contributed by atoms with Gasteiger partial charge < -0.3 is 9.62 Å². The third-order valence-corrected chi connectivity index (χ3v) is 2.94. The van der Waals surface area contributed by atoms with E-state index in [-0.39, 0.29) is 0 Å². The SMILES string of the molecule is C/C(=N\O)c1ccc(-c2ccccc2Br)o1. The Kier molecular flexibility index (Phi) is 3.10. The summed E-state index contributed by atoms with van der Waals surface area (Å²) < 4.78 is 6.55. The lowest BCUT2D eigenvalue weighted by molar-refractivity contribution is 0.317. The zero-order valence-corrected chi connectivity index (χ0v) is 10.2. The van der Waals surface area contributed by atoms with Gasteiger partial charge in [-0.1, -0.05) is 39.3 Å². The predicted octanol–water partition coefficient (Wildman–Crippen LogP) is 3.91. The van der Waals surface area contributed by atoms with Gasteiger partial charge in [0.1, 0.15) is 11.5 Å². The molecule has 1 aromatic carbocycles. The van der Waals surface area contributed by atoms with E-state index in [1.54, 1.807) is 13.0 Å². The molecule has 4 heteroatoms. The number of nitrogens with zero attached hydrogens (tertiary/aromatic N) is 1. The second-order valence-corrected chi connectivity index (χ2v) is 4.18. The lowest BCUT2D eigenvalue weighted by Crippen LogP contribution is -1.89. The molecule has 0 spiro atoms. The monoisotopic (exact) mass is 279 g/mol. The van der Waals surface area contributed by atoms with E-state index in [9.17, 15) is 0 Å². The lowest BCUT2D eigenvalue weighted by Gasteiger charge is -1.99. The molecule has 0 amide bonds. The van der Waals surface area contributed by atoms with Crippen LogP contribution in [0.3, 0.4) is 0 Å². The van der Waals surface area contributed by atoms with E-state index in [1.807, 2.05) is 30.3 Å². The molecular formula is C12H10BrNO2. The van der Waals surface area contributed by atoms with Crippen molar-refractivity contribution in [1.82, 2.24) is 0 Å².